The zero-order valence-electron chi connectivity index (χ0n) is 10.5. The number of benzene rings is 1. The molecule has 0 aliphatic rings. The van der Waals surface area contributed by atoms with Crippen LogP contribution in [0.1, 0.15) is 18.9 Å². The van der Waals surface area contributed by atoms with E-state index in [2.05, 4.69) is 5.32 Å². The van der Waals surface area contributed by atoms with Crippen LogP contribution in [0.2, 0.25) is 0 Å². The van der Waals surface area contributed by atoms with Crippen LogP contribution in [0.4, 0.5) is 0 Å². The van der Waals surface area contributed by atoms with E-state index in [9.17, 15) is 9.90 Å². The van der Waals surface area contributed by atoms with Gasteiger partial charge in [0.25, 0.3) is 0 Å². The normalized spacial score (nSPS) is 10.8. The molecule has 1 amide bonds. The highest BCUT2D eigenvalue weighted by atomic mass is 16.3. The number of carbonyl (C=O) groups excluding carboxylic acids is 1. The number of aliphatic hydroxyl groups excluding tert-OH is 1. The van der Waals surface area contributed by atoms with E-state index < -0.39 is 0 Å². The van der Waals surface area contributed by atoms with Crippen LogP contribution in [-0.4, -0.2) is 22.1 Å². The first-order valence-corrected chi connectivity index (χ1v) is 6.20. The maximum Gasteiger partial charge on any atom is 0.239 e. The molecule has 0 aliphatic heterocycles. The summed E-state index contributed by atoms with van der Waals surface area (Å²) in [6, 6.07) is 7.69. The van der Waals surface area contributed by atoms with Crippen molar-refractivity contribution in [2.75, 3.05) is 6.54 Å². The smallest absolute Gasteiger partial charge is 0.239 e. The van der Waals surface area contributed by atoms with E-state index in [0.29, 0.717) is 13.1 Å². The number of rotatable bonds is 5. The van der Waals surface area contributed by atoms with Gasteiger partial charge in [-0.15, -0.1) is 0 Å². The molecule has 0 aliphatic carbocycles. The van der Waals surface area contributed by atoms with Gasteiger partial charge in [0.2, 0.25) is 5.91 Å². The number of fused-ring (bicyclic) bond motifs is 1. The second-order valence-corrected chi connectivity index (χ2v) is 4.30. The number of hydrogen-bond donors (Lipinski definition) is 2. The Morgan fingerprint density at radius 3 is 2.94 bits per heavy atom. The summed E-state index contributed by atoms with van der Waals surface area (Å²) < 4.78 is 1.90. The van der Waals surface area contributed by atoms with Crippen molar-refractivity contribution in [3.8, 4) is 0 Å². The topological polar surface area (TPSA) is 54.3 Å². The molecule has 96 valence electrons. The molecule has 2 rings (SSSR count). The minimum Gasteiger partial charge on any atom is -0.392 e. The van der Waals surface area contributed by atoms with Crippen molar-refractivity contribution in [2.45, 2.75) is 26.5 Å². The Labute approximate surface area is 106 Å². The second kappa shape index (κ2) is 5.69. The summed E-state index contributed by atoms with van der Waals surface area (Å²) in [5.41, 5.74) is 1.87. The molecule has 0 spiro atoms. The molecule has 2 N–H and O–H groups in total. The SMILES string of the molecule is CCCNC(=O)Cn1ccc2c(CO)cccc21. The van der Waals surface area contributed by atoms with Gasteiger partial charge in [-0.3, -0.25) is 4.79 Å². The van der Waals surface area contributed by atoms with Crippen molar-refractivity contribution < 1.29 is 9.90 Å². The van der Waals surface area contributed by atoms with E-state index >= 15 is 0 Å². The maximum atomic E-state index is 11.7. The van der Waals surface area contributed by atoms with Gasteiger partial charge in [0.05, 0.1) is 6.61 Å². The Morgan fingerprint density at radius 1 is 1.39 bits per heavy atom. The highest BCUT2D eigenvalue weighted by molar-refractivity contribution is 5.85. The molecule has 0 atom stereocenters. The molecule has 0 fully saturated rings. The van der Waals surface area contributed by atoms with E-state index in [1.807, 2.05) is 42.0 Å². The number of aromatic nitrogens is 1. The van der Waals surface area contributed by atoms with Crippen LogP contribution in [0.5, 0.6) is 0 Å². The molecule has 2 aromatic rings. The average molecular weight is 246 g/mol. The fourth-order valence-corrected chi connectivity index (χ4v) is 2.04. The van der Waals surface area contributed by atoms with Crippen molar-refractivity contribution in [1.29, 1.82) is 0 Å². The predicted octanol–water partition coefficient (Wildman–Crippen LogP) is 1.66. The number of amides is 1. The van der Waals surface area contributed by atoms with Gasteiger partial charge in [-0.1, -0.05) is 19.1 Å². The van der Waals surface area contributed by atoms with E-state index in [1.54, 1.807) is 0 Å². The number of nitrogens with one attached hydrogen (secondary N) is 1. The summed E-state index contributed by atoms with van der Waals surface area (Å²) in [6.45, 7) is 3.07. The van der Waals surface area contributed by atoms with Crippen LogP contribution in [0.25, 0.3) is 10.9 Å². The summed E-state index contributed by atoms with van der Waals surface area (Å²) in [4.78, 5) is 11.7. The standard InChI is InChI=1S/C14H18N2O2/c1-2-7-15-14(18)9-16-8-6-12-11(10-17)4-3-5-13(12)16/h3-6,8,17H,2,7,9-10H2,1H3,(H,15,18). The number of nitrogens with zero attached hydrogens (tertiary/aromatic N) is 1. The van der Waals surface area contributed by atoms with Gasteiger partial charge in [-0.2, -0.15) is 0 Å². The van der Waals surface area contributed by atoms with Crippen molar-refractivity contribution >= 4 is 16.8 Å². The van der Waals surface area contributed by atoms with Crippen LogP contribution in [-0.2, 0) is 17.9 Å². The molecule has 0 unspecified atom stereocenters. The monoisotopic (exact) mass is 246 g/mol. The van der Waals surface area contributed by atoms with Crippen molar-refractivity contribution in [3.05, 3.63) is 36.0 Å². The molecule has 1 heterocycles. The minimum atomic E-state index is 0.0172. The summed E-state index contributed by atoms with van der Waals surface area (Å²) in [5, 5.41) is 13.1. The van der Waals surface area contributed by atoms with Crippen molar-refractivity contribution in [3.63, 3.8) is 0 Å². The first kappa shape index (κ1) is 12.6. The fraction of sp³-hybridized carbons (Fsp3) is 0.357. The molecule has 4 heteroatoms. The molecular weight excluding hydrogens is 228 g/mol. The first-order chi connectivity index (χ1) is 8.76. The molecule has 1 aromatic heterocycles. The van der Waals surface area contributed by atoms with Crippen molar-refractivity contribution in [1.82, 2.24) is 9.88 Å². The Morgan fingerprint density at radius 2 is 2.22 bits per heavy atom. The number of carbonyl (C=O) groups is 1. The molecule has 0 saturated carbocycles. The maximum absolute atomic E-state index is 11.7. The Kier molecular flexibility index (Phi) is 3.99. The molecule has 18 heavy (non-hydrogen) atoms. The van der Waals surface area contributed by atoms with Gasteiger partial charge < -0.3 is 15.0 Å². The van der Waals surface area contributed by atoms with Crippen LogP contribution in [0.15, 0.2) is 30.5 Å². The Hall–Kier alpha value is -1.81. The lowest BCUT2D eigenvalue weighted by atomic mass is 10.1. The van der Waals surface area contributed by atoms with Gasteiger partial charge in [-0.05, 0) is 24.1 Å². The summed E-state index contributed by atoms with van der Waals surface area (Å²) in [5.74, 6) is 0.0174. The van der Waals surface area contributed by atoms with Gasteiger partial charge in [0.15, 0.2) is 0 Å². The van der Waals surface area contributed by atoms with E-state index in [1.165, 1.54) is 0 Å². The largest absolute Gasteiger partial charge is 0.392 e. The van der Waals surface area contributed by atoms with Crippen LogP contribution in [0, 0.1) is 0 Å². The van der Waals surface area contributed by atoms with E-state index in [0.717, 1.165) is 22.9 Å². The van der Waals surface area contributed by atoms with Gasteiger partial charge in [0.1, 0.15) is 6.54 Å². The van der Waals surface area contributed by atoms with Crippen LogP contribution < -0.4 is 5.32 Å². The lowest BCUT2D eigenvalue weighted by Crippen LogP contribution is -2.27. The highest BCUT2D eigenvalue weighted by Gasteiger charge is 2.07. The number of aliphatic hydroxyl groups is 1. The van der Waals surface area contributed by atoms with Crippen LogP contribution in [0.3, 0.4) is 0 Å². The lowest BCUT2D eigenvalue weighted by molar-refractivity contribution is -0.121. The zero-order chi connectivity index (χ0) is 13.0. The van der Waals surface area contributed by atoms with Gasteiger partial charge in [-0.25, -0.2) is 0 Å². The summed E-state index contributed by atoms with van der Waals surface area (Å²) >= 11 is 0. The predicted molar refractivity (Wildman–Crippen MR) is 71.2 cm³/mol. The third-order valence-corrected chi connectivity index (χ3v) is 2.96. The summed E-state index contributed by atoms with van der Waals surface area (Å²) in [7, 11) is 0. The molecule has 1 aromatic carbocycles. The second-order valence-electron chi connectivity index (χ2n) is 4.30. The highest BCUT2D eigenvalue weighted by Crippen LogP contribution is 2.20. The lowest BCUT2D eigenvalue weighted by Gasteiger charge is -2.07. The van der Waals surface area contributed by atoms with Gasteiger partial charge in [0, 0.05) is 23.6 Å². The first-order valence-electron chi connectivity index (χ1n) is 6.20. The van der Waals surface area contributed by atoms with E-state index in [4.69, 9.17) is 0 Å². The third-order valence-electron chi connectivity index (χ3n) is 2.96. The molecule has 4 nitrogen and oxygen atoms in total. The third kappa shape index (κ3) is 2.54. The molecule has 0 bridgehead atoms. The Bertz CT molecular complexity index is 546. The summed E-state index contributed by atoms with van der Waals surface area (Å²) in [6.07, 6.45) is 2.82. The van der Waals surface area contributed by atoms with Crippen molar-refractivity contribution in [2.24, 2.45) is 0 Å². The fourth-order valence-electron chi connectivity index (χ4n) is 2.04. The Balaban J connectivity index is 2.22. The zero-order valence-corrected chi connectivity index (χ0v) is 10.5. The molecular formula is C14H18N2O2. The minimum absolute atomic E-state index is 0.0172. The number of hydrogen-bond acceptors (Lipinski definition) is 2. The molecule has 0 saturated heterocycles. The average Bonchev–Trinajstić information content (AvgIpc) is 2.79. The quantitative estimate of drug-likeness (QED) is 0.843. The van der Waals surface area contributed by atoms with Crippen LogP contribution >= 0.6 is 0 Å². The van der Waals surface area contributed by atoms with Gasteiger partial charge >= 0.3 is 0 Å². The molecule has 0 radical (unpaired) electrons. The van der Waals surface area contributed by atoms with E-state index in [-0.39, 0.29) is 12.5 Å².